The summed E-state index contributed by atoms with van der Waals surface area (Å²) >= 11 is 0. The third-order valence-electron chi connectivity index (χ3n) is 17.6. The Morgan fingerprint density at radius 1 is 0.271 bits per heavy atom. The van der Waals surface area contributed by atoms with Crippen molar-refractivity contribution in [2.24, 2.45) is 0 Å². The van der Waals surface area contributed by atoms with Crippen LogP contribution >= 0.6 is 0 Å². The predicted molar refractivity (Wildman–Crippen MR) is 344 cm³/mol. The van der Waals surface area contributed by atoms with Gasteiger partial charge in [-0.15, -0.1) is 0 Å². The van der Waals surface area contributed by atoms with Gasteiger partial charge in [-0.2, -0.15) is 0 Å². The fourth-order valence-corrected chi connectivity index (χ4v) is 12.6. The molecule has 0 N–H and O–H groups in total. The second-order valence-electron chi connectivity index (χ2n) is 21.8. The molecule has 2 aliphatic rings. The fourth-order valence-electron chi connectivity index (χ4n) is 12.6. The maximum atomic E-state index is 6.27. The SMILES string of the molecule is COc1ccc(N(c2ccc(OC)cc2)c2ccc3c(c2)C2(c4cc(N(c5ccc(OC)cc5)C(C)OC)ccc4-3)c3cc(N(c4ccc(OC)cc4)C(C)C(C)OC)ccc3-c3ccc(N(c4ccc(OC)cc4)C(C)C(C)OC)cc32)cc1. The summed E-state index contributed by atoms with van der Waals surface area (Å²) in [5.74, 6) is 3.87. The molecule has 0 aromatic heterocycles. The molecule has 9 aromatic carbocycles. The fraction of sp³-hybridized carbons (Fsp3) is 0.260. The Labute approximate surface area is 501 Å². The van der Waals surface area contributed by atoms with Crippen molar-refractivity contribution in [2.75, 3.05) is 76.5 Å². The number of ether oxygens (including phenoxy) is 8. The van der Waals surface area contributed by atoms with Crippen LogP contribution in [0.3, 0.4) is 0 Å². The number of anilines is 9. The maximum absolute atomic E-state index is 6.27. The molecule has 9 aromatic rings. The Morgan fingerprint density at radius 2 is 0.518 bits per heavy atom. The molecule has 0 saturated heterocycles. The molecule has 0 fully saturated rings. The Kier molecular flexibility index (Phi) is 16.6. The summed E-state index contributed by atoms with van der Waals surface area (Å²) in [7, 11) is 13.8. The number of nitrogens with zero attached hydrogens (tertiary/aromatic N) is 4. The zero-order valence-corrected chi connectivity index (χ0v) is 50.9. The molecule has 85 heavy (non-hydrogen) atoms. The van der Waals surface area contributed by atoms with Crippen LogP contribution in [-0.4, -0.2) is 87.4 Å². The number of hydrogen-bond donors (Lipinski definition) is 0. The molecule has 0 aliphatic heterocycles. The highest BCUT2D eigenvalue weighted by Crippen LogP contribution is 2.65. The van der Waals surface area contributed by atoms with Gasteiger partial charge in [-0.25, -0.2) is 0 Å². The van der Waals surface area contributed by atoms with Crippen molar-refractivity contribution in [1.29, 1.82) is 0 Å². The first-order valence-corrected chi connectivity index (χ1v) is 28.9. The lowest BCUT2D eigenvalue weighted by molar-refractivity contribution is 0.100. The molecule has 0 saturated carbocycles. The first kappa shape index (κ1) is 57.9. The zero-order chi connectivity index (χ0) is 59.7. The van der Waals surface area contributed by atoms with Crippen molar-refractivity contribution in [3.8, 4) is 51.0 Å². The average molecular weight is 1140 g/mol. The number of rotatable bonds is 22. The van der Waals surface area contributed by atoms with Crippen molar-refractivity contribution in [3.05, 3.63) is 216 Å². The highest BCUT2D eigenvalue weighted by Gasteiger charge is 2.53. The van der Waals surface area contributed by atoms with E-state index in [1.165, 1.54) is 0 Å². The van der Waals surface area contributed by atoms with E-state index in [1.54, 1.807) is 56.9 Å². The van der Waals surface area contributed by atoms with Crippen molar-refractivity contribution < 1.29 is 37.9 Å². The largest absolute Gasteiger partial charge is 0.497 e. The molecule has 12 heteroatoms. The summed E-state index contributed by atoms with van der Waals surface area (Å²) in [6.45, 7) is 10.8. The van der Waals surface area contributed by atoms with Gasteiger partial charge in [-0.3, -0.25) is 0 Å². The quantitative estimate of drug-likeness (QED) is 0.0606. The van der Waals surface area contributed by atoms with Crippen molar-refractivity contribution >= 4 is 51.2 Å². The summed E-state index contributed by atoms with van der Waals surface area (Å²) < 4.78 is 47.1. The molecule has 11 rings (SSSR count). The Bertz CT molecular complexity index is 3620. The topological polar surface area (TPSA) is 86.8 Å². The van der Waals surface area contributed by atoms with Crippen LogP contribution in [0, 0.1) is 0 Å². The molecule has 0 radical (unpaired) electrons. The molecular formula is C73H76N4O8. The van der Waals surface area contributed by atoms with Gasteiger partial charge in [0.1, 0.15) is 35.0 Å². The minimum Gasteiger partial charge on any atom is -0.497 e. The van der Waals surface area contributed by atoms with Crippen LogP contribution in [0.5, 0.6) is 28.7 Å². The van der Waals surface area contributed by atoms with Crippen molar-refractivity contribution in [2.45, 2.75) is 70.6 Å². The first-order valence-electron chi connectivity index (χ1n) is 28.9. The minimum absolute atomic E-state index is 0.0948. The standard InChI is InChI=1S/C73H76N4O8/c1-46(48(3)78-6)74(51-14-28-60(81-9)29-15-51)56-24-38-65-66-39-25-57(75(47(2)49(4)79-7)52-16-30-61(82-10)31-17-52)43-70(66)73(69(65)42-56)71-44-58(76(50(5)80-8)53-18-32-62(83-11)33-19-53)26-40-67(71)68-41-27-59(45-72(68)73)77(54-20-34-63(84-12)35-21-54)55-22-36-64(85-13)37-23-55/h14-50H,1-13H3. The summed E-state index contributed by atoms with van der Waals surface area (Å²) in [6.07, 6.45) is -0.640. The van der Waals surface area contributed by atoms with E-state index < -0.39 is 5.41 Å². The zero-order valence-electron chi connectivity index (χ0n) is 50.9. The van der Waals surface area contributed by atoms with Crippen LogP contribution in [0.4, 0.5) is 51.2 Å². The van der Waals surface area contributed by atoms with Crippen LogP contribution in [0.15, 0.2) is 194 Å². The van der Waals surface area contributed by atoms with E-state index in [0.29, 0.717) is 0 Å². The number of benzene rings is 9. The van der Waals surface area contributed by atoms with Gasteiger partial charge in [0.15, 0.2) is 0 Å². The lowest BCUT2D eigenvalue weighted by Crippen LogP contribution is -2.38. The van der Waals surface area contributed by atoms with Crippen molar-refractivity contribution in [1.82, 2.24) is 0 Å². The van der Waals surface area contributed by atoms with Gasteiger partial charge in [0.2, 0.25) is 0 Å². The summed E-state index contributed by atoms with van der Waals surface area (Å²) in [5, 5.41) is 0. The van der Waals surface area contributed by atoms with Crippen LogP contribution in [-0.2, 0) is 19.6 Å². The molecular weight excluding hydrogens is 1060 g/mol. The summed E-state index contributed by atoms with van der Waals surface area (Å²) in [4.78, 5) is 9.38. The smallest absolute Gasteiger partial charge is 0.131 e. The molecule has 0 heterocycles. The second-order valence-corrected chi connectivity index (χ2v) is 21.8. The van der Waals surface area contributed by atoms with E-state index in [1.807, 2.05) is 60.7 Å². The van der Waals surface area contributed by atoms with Gasteiger partial charge in [0, 0.05) is 72.5 Å². The van der Waals surface area contributed by atoms with Crippen LogP contribution in [0.1, 0.15) is 56.9 Å². The normalized spacial score (nSPS) is 15.3. The molecule has 436 valence electrons. The molecule has 1 spiro atoms. The predicted octanol–water partition coefficient (Wildman–Crippen LogP) is 16.8. The third kappa shape index (κ3) is 10.3. The van der Waals surface area contributed by atoms with E-state index in [2.05, 4.69) is 188 Å². The minimum atomic E-state index is -0.940. The van der Waals surface area contributed by atoms with Gasteiger partial charge in [0.05, 0.1) is 65.3 Å². The average Bonchev–Trinajstić information content (AvgIpc) is 1.52. The highest BCUT2D eigenvalue weighted by atomic mass is 16.5. The molecule has 5 unspecified atom stereocenters. The van der Waals surface area contributed by atoms with E-state index in [0.717, 1.165) is 124 Å². The summed E-state index contributed by atoms with van der Waals surface area (Å²) in [6, 6.07) is 69.2. The van der Waals surface area contributed by atoms with Gasteiger partial charge >= 0.3 is 0 Å². The van der Waals surface area contributed by atoms with Crippen LogP contribution in [0.2, 0.25) is 0 Å². The Hall–Kier alpha value is -8.94. The molecule has 12 nitrogen and oxygen atoms in total. The Morgan fingerprint density at radius 3 is 0.800 bits per heavy atom. The molecule has 0 bridgehead atoms. The summed E-state index contributed by atoms with van der Waals surface area (Å²) in [5.41, 5.74) is 17.0. The van der Waals surface area contributed by atoms with E-state index in [-0.39, 0.29) is 30.5 Å². The van der Waals surface area contributed by atoms with Gasteiger partial charge < -0.3 is 57.5 Å². The number of methoxy groups -OCH3 is 8. The van der Waals surface area contributed by atoms with E-state index in [4.69, 9.17) is 37.9 Å². The number of hydrogen-bond acceptors (Lipinski definition) is 12. The third-order valence-corrected chi connectivity index (χ3v) is 17.6. The number of fused-ring (bicyclic) bond motifs is 10. The lowest BCUT2D eigenvalue weighted by Gasteiger charge is -2.38. The first-order chi connectivity index (χ1) is 41.3. The Balaban J connectivity index is 1.26. The van der Waals surface area contributed by atoms with Crippen molar-refractivity contribution in [3.63, 3.8) is 0 Å². The molecule has 0 amide bonds. The van der Waals surface area contributed by atoms with Crippen LogP contribution in [0.25, 0.3) is 22.3 Å². The van der Waals surface area contributed by atoms with E-state index >= 15 is 0 Å². The monoisotopic (exact) mass is 1140 g/mol. The van der Waals surface area contributed by atoms with Crippen LogP contribution < -0.4 is 43.3 Å². The molecule has 2 aliphatic carbocycles. The van der Waals surface area contributed by atoms with Gasteiger partial charge in [-0.1, -0.05) is 24.3 Å². The maximum Gasteiger partial charge on any atom is 0.131 e. The van der Waals surface area contributed by atoms with Gasteiger partial charge in [-0.05, 0) is 249 Å². The van der Waals surface area contributed by atoms with E-state index in [9.17, 15) is 0 Å². The lowest BCUT2D eigenvalue weighted by atomic mass is 9.70. The van der Waals surface area contributed by atoms with Gasteiger partial charge in [0.25, 0.3) is 0 Å². The second kappa shape index (κ2) is 24.3. The molecule has 5 atom stereocenters. The highest BCUT2D eigenvalue weighted by molar-refractivity contribution is 5.99.